The van der Waals surface area contributed by atoms with E-state index in [1.54, 1.807) is 18.2 Å². The molecular weight excluding hydrogens is 637 g/mol. The van der Waals surface area contributed by atoms with E-state index in [4.69, 9.17) is 0 Å². The van der Waals surface area contributed by atoms with E-state index in [0.717, 1.165) is 49.2 Å². The van der Waals surface area contributed by atoms with E-state index in [-0.39, 0.29) is 0 Å². The summed E-state index contributed by atoms with van der Waals surface area (Å²) < 4.78 is 4.19. The summed E-state index contributed by atoms with van der Waals surface area (Å²) in [7, 11) is 0. The maximum absolute atomic E-state index is 11.3. The molecule has 6 nitrogen and oxygen atoms in total. The number of rotatable bonds is 4. The Morgan fingerprint density at radius 3 is 1.35 bits per heavy atom. The number of fused-ring (bicyclic) bond motifs is 6. The first-order chi connectivity index (χ1) is 25.6. The van der Waals surface area contributed by atoms with Crippen molar-refractivity contribution in [2.45, 2.75) is 0 Å². The lowest BCUT2D eigenvalue weighted by atomic mass is 9.90. The third-order valence-corrected chi connectivity index (χ3v) is 9.81. The summed E-state index contributed by atoms with van der Waals surface area (Å²) in [6, 6.07) is 56.6. The van der Waals surface area contributed by atoms with Gasteiger partial charge in [0, 0.05) is 27.1 Å². The standard InChI is InChI=1S/C46H24N6/c47-25-29-20-30(26-48)22-33(21-29)31-10-9-11-32(23-31)45-39(28-50)44(51-40-16-5-1-12-35(40)36-13-2-6-17-41(36)51)24-34(27-49)46(45)52-42-18-7-3-14-37(42)38-15-4-8-19-43(38)52/h1-24H. The Labute approximate surface area is 298 Å². The molecule has 0 aliphatic rings. The van der Waals surface area contributed by atoms with Crippen molar-refractivity contribution in [2.75, 3.05) is 0 Å². The SMILES string of the molecule is N#Cc1cc(C#N)cc(-c2cccc(-c3c(C#N)c(-n4c5ccccc5c5ccccc54)cc(C#N)c3-n3c4ccccc4c4ccccc43)c2)c1. The molecule has 7 aromatic carbocycles. The second-order valence-corrected chi connectivity index (χ2v) is 12.6. The van der Waals surface area contributed by atoms with Crippen LogP contribution in [0.2, 0.25) is 0 Å². The molecule has 52 heavy (non-hydrogen) atoms. The summed E-state index contributed by atoms with van der Waals surface area (Å²) in [5, 5.41) is 46.0. The fourth-order valence-corrected chi connectivity index (χ4v) is 7.67. The fourth-order valence-electron chi connectivity index (χ4n) is 7.67. The van der Waals surface area contributed by atoms with Crippen molar-refractivity contribution in [3.05, 3.63) is 168 Å². The average molecular weight is 661 g/mol. The van der Waals surface area contributed by atoms with E-state index < -0.39 is 0 Å². The van der Waals surface area contributed by atoms with Gasteiger partial charge in [-0.2, -0.15) is 21.0 Å². The Morgan fingerprint density at radius 2 is 0.865 bits per heavy atom. The molecule has 6 heteroatoms. The quantitative estimate of drug-likeness (QED) is 0.187. The fraction of sp³-hybridized carbons (Fsp3) is 0. The topological polar surface area (TPSA) is 105 Å². The molecule has 0 atom stereocenters. The van der Waals surface area contributed by atoms with Gasteiger partial charge in [0.1, 0.15) is 12.1 Å². The zero-order chi connectivity index (χ0) is 35.3. The first-order valence-corrected chi connectivity index (χ1v) is 16.7. The van der Waals surface area contributed by atoms with Crippen LogP contribution < -0.4 is 0 Å². The third kappa shape index (κ3) is 4.47. The minimum Gasteiger partial charge on any atom is -0.308 e. The van der Waals surface area contributed by atoms with Gasteiger partial charge in [-0.1, -0.05) is 91.0 Å². The second kappa shape index (κ2) is 11.9. The van der Waals surface area contributed by atoms with Gasteiger partial charge in [0.05, 0.1) is 67.8 Å². The van der Waals surface area contributed by atoms with Crippen molar-refractivity contribution in [3.8, 4) is 57.9 Å². The lowest BCUT2D eigenvalue weighted by Gasteiger charge is -2.21. The van der Waals surface area contributed by atoms with Gasteiger partial charge in [-0.05, 0) is 71.3 Å². The van der Waals surface area contributed by atoms with Gasteiger partial charge in [-0.15, -0.1) is 0 Å². The highest BCUT2D eigenvalue weighted by Crippen LogP contribution is 2.44. The molecular formula is C46H24N6. The van der Waals surface area contributed by atoms with Crippen LogP contribution in [0.5, 0.6) is 0 Å². The van der Waals surface area contributed by atoms with E-state index >= 15 is 0 Å². The van der Waals surface area contributed by atoms with Crippen LogP contribution in [0, 0.1) is 45.3 Å². The number of nitriles is 4. The predicted octanol–water partition coefficient (Wildman–Crippen LogP) is 10.7. The van der Waals surface area contributed by atoms with E-state index in [2.05, 4.69) is 57.7 Å². The second-order valence-electron chi connectivity index (χ2n) is 12.6. The number of hydrogen-bond acceptors (Lipinski definition) is 4. The van der Waals surface area contributed by atoms with Crippen LogP contribution >= 0.6 is 0 Å². The van der Waals surface area contributed by atoms with Gasteiger partial charge >= 0.3 is 0 Å². The predicted molar refractivity (Wildman–Crippen MR) is 205 cm³/mol. The molecule has 9 aromatic rings. The maximum Gasteiger partial charge on any atom is 0.102 e. The molecule has 0 N–H and O–H groups in total. The molecule has 0 unspecified atom stereocenters. The molecule has 238 valence electrons. The number of aromatic nitrogens is 2. The van der Waals surface area contributed by atoms with Gasteiger partial charge in [0.25, 0.3) is 0 Å². The van der Waals surface area contributed by atoms with Crippen molar-refractivity contribution in [3.63, 3.8) is 0 Å². The Bertz CT molecular complexity index is 2990. The van der Waals surface area contributed by atoms with Crippen LogP contribution in [0.3, 0.4) is 0 Å². The summed E-state index contributed by atoms with van der Waals surface area (Å²) >= 11 is 0. The molecule has 0 radical (unpaired) electrons. The Balaban J connectivity index is 1.46. The average Bonchev–Trinajstić information content (AvgIpc) is 3.72. The summed E-state index contributed by atoms with van der Waals surface area (Å²) in [4.78, 5) is 0. The number of hydrogen-bond donors (Lipinski definition) is 0. The van der Waals surface area contributed by atoms with Crippen LogP contribution in [-0.2, 0) is 0 Å². The summed E-state index contributed by atoms with van der Waals surface area (Å²) in [6.07, 6.45) is 0. The zero-order valence-corrected chi connectivity index (χ0v) is 27.5. The molecule has 0 fully saturated rings. The Morgan fingerprint density at radius 1 is 0.385 bits per heavy atom. The first kappa shape index (κ1) is 30.2. The molecule has 0 aliphatic carbocycles. The Kier molecular flexibility index (Phi) is 6.91. The van der Waals surface area contributed by atoms with Gasteiger partial charge < -0.3 is 9.13 Å². The van der Waals surface area contributed by atoms with Crippen molar-refractivity contribution in [1.82, 2.24) is 9.13 Å². The highest BCUT2D eigenvalue weighted by molar-refractivity contribution is 6.12. The van der Waals surface area contributed by atoms with Crippen molar-refractivity contribution in [2.24, 2.45) is 0 Å². The van der Waals surface area contributed by atoms with Gasteiger partial charge in [-0.25, -0.2) is 0 Å². The third-order valence-electron chi connectivity index (χ3n) is 9.81. The van der Waals surface area contributed by atoms with Crippen LogP contribution in [-0.4, -0.2) is 9.13 Å². The minimum absolute atomic E-state index is 0.378. The van der Waals surface area contributed by atoms with Crippen LogP contribution in [0.1, 0.15) is 22.3 Å². The largest absolute Gasteiger partial charge is 0.308 e. The molecule has 0 aliphatic heterocycles. The van der Waals surface area contributed by atoms with Crippen LogP contribution in [0.4, 0.5) is 0 Å². The molecule has 0 saturated carbocycles. The van der Waals surface area contributed by atoms with Crippen molar-refractivity contribution < 1.29 is 0 Å². The molecule has 0 amide bonds. The number of nitrogens with zero attached hydrogens (tertiary/aromatic N) is 6. The van der Waals surface area contributed by atoms with Crippen molar-refractivity contribution in [1.29, 1.82) is 21.0 Å². The van der Waals surface area contributed by atoms with Crippen LogP contribution in [0.25, 0.3) is 77.2 Å². The minimum atomic E-state index is 0.378. The highest BCUT2D eigenvalue weighted by atomic mass is 15.0. The summed E-state index contributed by atoms with van der Waals surface area (Å²) in [5.41, 5.74) is 9.21. The van der Waals surface area contributed by atoms with E-state index in [1.807, 2.05) is 103 Å². The molecule has 0 spiro atoms. The first-order valence-electron chi connectivity index (χ1n) is 16.7. The summed E-state index contributed by atoms with van der Waals surface area (Å²) in [6.45, 7) is 0. The normalized spacial score (nSPS) is 11.0. The molecule has 2 heterocycles. The molecule has 2 aromatic heterocycles. The smallest absolute Gasteiger partial charge is 0.102 e. The molecule has 9 rings (SSSR count). The number of para-hydroxylation sites is 4. The molecule has 0 saturated heterocycles. The van der Waals surface area contributed by atoms with Crippen molar-refractivity contribution >= 4 is 43.6 Å². The van der Waals surface area contributed by atoms with Gasteiger partial charge in [0.15, 0.2) is 0 Å². The lowest BCUT2D eigenvalue weighted by Crippen LogP contribution is -2.08. The summed E-state index contributed by atoms with van der Waals surface area (Å²) in [5.74, 6) is 0. The lowest BCUT2D eigenvalue weighted by molar-refractivity contribution is 1.13. The van der Waals surface area contributed by atoms with Gasteiger partial charge in [0.2, 0.25) is 0 Å². The zero-order valence-electron chi connectivity index (χ0n) is 27.5. The van der Waals surface area contributed by atoms with E-state index in [9.17, 15) is 21.0 Å². The van der Waals surface area contributed by atoms with E-state index in [1.165, 1.54) is 0 Å². The van der Waals surface area contributed by atoms with Crippen LogP contribution in [0.15, 0.2) is 146 Å². The van der Waals surface area contributed by atoms with Gasteiger partial charge in [-0.3, -0.25) is 0 Å². The Hall–Kier alpha value is -7.90. The van der Waals surface area contributed by atoms with E-state index in [0.29, 0.717) is 50.3 Å². The maximum atomic E-state index is 11.3. The number of benzene rings is 7. The highest BCUT2D eigenvalue weighted by Gasteiger charge is 2.26. The monoisotopic (exact) mass is 660 g/mol. The molecule has 0 bridgehead atoms.